The minimum atomic E-state index is 0.602. The largest absolute Gasteiger partial charge is 0.250 e. The van der Waals surface area contributed by atoms with Crippen LogP contribution in [0.15, 0.2) is 42.2 Å². The van der Waals surface area contributed by atoms with E-state index in [2.05, 4.69) is 33.7 Å². The van der Waals surface area contributed by atoms with E-state index in [0.717, 1.165) is 6.42 Å². The third kappa shape index (κ3) is 5.07. The maximum atomic E-state index is 4.94. The smallest absolute Gasteiger partial charge is 0.220 e. The molecule has 0 unspecified atom stereocenters. The molecule has 0 N–H and O–H groups in total. The van der Waals surface area contributed by atoms with E-state index in [1.807, 2.05) is 22.1 Å². The molecule has 3 aromatic heterocycles. The van der Waals surface area contributed by atoms with Gasteiger partial charge in [0, 0.05) is 29.9 Å². The van der Waals surface area contributed by atoms with E-state index in [-0.39, 0.29) is 0 Å². The molecular formula is C23H30N4S. The van der Waals surface area contributed by atoms with Crippen molar-refractivity contribution in [2.24, 2.45) is 0 Å². The van der Waals surface area contributed by atoms with E-state index in [4.69, 9.17) is 5.10 Å². The van der Waals surface area contributed by atoms with Crippen LogP contribution in [0.4, 0.5) is 0 Å². The molecule has 0 bridgehead atoms. The van der Waals surface area contributed by atoms with E-state index in [1.165, 1.54) is 80.3 Å². The first-order valence-electron chi connectivity index (χ1n) is 10.8. The molecule has 1 aliphatic carbocycles. The van der Waals surface area contributed by atoms with Gasteiger partial charge in [0.25, 0.3) is 0 Å². The maximum absolute atomic E-state index is 4.94. The van der Waals surface area contributed by atoms with Crippen LogP contribution in [-0.4, -0.2) is 19.7 Å². The van der Waals surface area contributed by atoms with Gasteiger partial charge in [-0.25, -0.2) is 14.6 Å². The summed E-state index contributed by atoms with van der Waals surface area (Å²) in [6, 6.07) is 6.19. The summed E-state index contributed by atoms with van der Waals surface area (Å²) < 4.78 is 1.89. The Morgan fingerprint density at radius 3 is 2.21 bits per heavy atom. The lowest BCUT2D eigenvalue weighted by Crippen LogP contribution is -2.02. The van der Waals surface area contributed by atoms with Gasteiger partial charge in [0.1, 0.15) is 0 Å². The summed E-state index contributed by atoms with van der Waals surface area (Å²) in [5, 5.41) is 7.10. The van der Waals surface area contributed by atoms with Crippen molar-refractivity contribution in [3.63, 3.8) is 0 Å². The number of rotatable bonds is 4. The van der Waals surface area contributed by atoms with E-state index in [9.17, 15) is 0 Å². The lowest BCUT2D eigenvalue weighted by atomic mass is 9.88. The molecule has 0 aromatic carbocycles. The minimum Gasteiger partial charge on any atom is -0.220 e. The zero-order valence-corrected chi connectivity index (χ0v) is 17.4. The number of thiophene rings is 1. The topological polar surface area (TPSA) is 43.6 Å². The lowest BCUT2D eigenvalue weighted by Gasteiger charge is -2.16. The lowest BCUT2D eigenvalue weighted by molar-refractivity contribution is 0.512. The van der Waals surface area contributed by atoms with E-state index in [0.29, 0.717) is 11.9 Å². The Morgan fingerprint density at radius 1 is 0.893 bits per heavy atom. The Bertz CT molecular complexity index is 814. The van der Waals surface area contributed by atoms with Crippen LogP contribution >= 0.6 is 11.3 Å². The van der Waals surface area contributed by atoms with Crippen molar-refractivity contribution >= 4 is 11.3 Å². The minimum absolute atomic E-state index is 0.602. The third-order valence-electron chi connectivity index (χ3n) is 5.80. The van der Waals surface area contributed by atoms with Gasteiger partial charge in [-0.2, -0.15) is 5.10 Å². The van der Waals surface area contributed by atoms with Crippen molar-refractivity contribution in [3.05, 3.63) is 58.3 Å². The second kappa shape index (κ2) is 9.97. The first kappa shape index (κ1) is 19.3. The van der Waals surface area contributed by atoms with Crippen LogP contribution in [0, 0.1) is 0 Å². The van der Waals surface area contributed by atoms with Crippen molar-refractivity contribution < 1.29 is 0 Å². The zero-order chi connectivity index (χ0) is 19.0. The Kier molecular flexibility index (Phi) is 6.87. The monoisotopic (exact) mass is 394 g/mol. The number of nitrogens with zero attached hydrogens (tertiary/aromatic N) is 4. The number of hydrogen-bond donors (Lipinski definition) is 0. The van der Waals surface area contributed by atoms with Gasteiger partial charge < -0.3 is 0 Å². The molecule has 0 saturated heterocycles. The fraction of sp³-hybridized carbons (Fsp3) is 0.522. The summed E-state index contributed by atoms with van der Waals surface area (Å²) in [5.41, 5.74) is 2.62. The molecule has 0 radical (unpaired) electrons. The van der Waals surface area contributed by atoms with Gasteiger partial charge in [0.2, 0.25) is 5.95 Å². The summed E-state index contributed by atoms with van der Waals surface area (Å²) in [4.78, 5) is 10.2. The standard InChI is InChI=1S/C23H30N4S/c1-2-4-6-8-12-19(11-7-5-3-1)21-18-27(23-24-14-10-15-25-23)26-22(21)17-20-13-9-16-28-20/h9-10,13-16,18-19H,1-8,11-12,17H2. The molecule has 3 heterocycles. The zero-order valence-electron chi connectivity index (χ0n) is 16.6. The number of aromatic nitrogens is 4. The summed E-state index contributed by atoms with van der Waals surface area (Å²) >= 11 is 1.81. The summed E-state index contributed by atoms with van der Waals surface area (Å²) in [6.07, 6.45) is 20.3. The highest BCUT2D eigenvalue weighted by atomic mass is 32.1. The van der Waals surface area contributed by atoms with Crippen molar-refractivity contribution in [1.82, 2.24) is 19.7 Å². The van der Waals surface area contributed by atoms with Crippen LogP contribution in [0.1, 0.15) is 86.3 Å². The average molecular weight is 395 g/mol. The molecule has 3 aromatic rings. The Morgan fingerprint density at radius 2 is 1.57 bits per heavy atom. The predicted octanol–water partition coefficient (Wildman–Crippen LogP) is 6.31. The van der Waals surface area contributed by atoms with E-state index in [1.54, 1.807) is 12.4 Å². The SMILES string of the molecule is c1cnc(-n2cc(C3CCCCCCCCCC3)c(Cc3cccs3)n2)nc1. The van der Waals surface area contributed by atoms with Crippen LogP contribution < -0.4 is 0 Å². The number of hydrogen-bond acceptors (Lipinski definition) is 4. The van der Waals surface area contributed by atoms with Crippen molar-refractivity contribution in [2.75, 3.05) is 0 Å². The molecule has 5 heteroatoms. The Hall–Kier alpha value is -2.01. The highest BCUT2D eigenvalue weighted by Crippen LogP contribution is 2.33. The molecule has 148 valence electrons. The first-order chi connectivity index (χ1) is 13.9. The van der Waals surface area contributed by atoms with Gasteiger partial charge in [0.05, 0.1) is 5.69 Å². The molecule has 0 amide bonds. The van der Waals surface area contributed by atoms with Crippen LogP contribution in [0.5, 0.6) is 0 Å². The highest BCUT2D eigenvalue weighted by molar-refractivity contribution is 7.09. The average Bonchev–Trinajstić information content (AvgIpc) is 3.37. The highest BCUT2D eigenvalue weighted by Gasteiger charge is 2.21. The predicted molar refractivity (Wildman–Crippen MR) is 115 cm³/mol. The van der Waals surface area contributed by atoms with E-state index >= 15 is 0 Å². The molecule has 0 spiro atoms. The van der Waals surface area contributed by atoms with Gasteiger partial charge in [-0.1, -0.05) is 57.4 Å². The molecule has 1 aliphatic rings. The molecule has 0 atom stereocenters. The molecule has 28 heavy (non-hydrogen) atoms. The molecule has 0 aliphatic heterocycles. The van der Waals surface area contributed by atoms with Gasteiger partial charge in [-0.15, -0.1) is 11.3 Å². The molecule has 1 fully saturated rings. The Balaban J connectivity index is 1.62. The fourth-order valence-electron chi connectivity index (χ4n) is 4.29. The van der Waals surface area contributed by atoms with Gasteiger partial charge in [0.15, 0.2) is 0 Å². The van der Waals surface area contributed by atoms with Gasteiger partial charge in [-0.3, -0.25) is 0 Å². The Labute approximate surface area is 172 Å². The third-order valence-corrected chi connectivity index (χ3v) is 6.67. The van der Waals surface area contributed by atoms with Crippen LogP contribution in [-0.2, 0) is 6.42 Å². The van der Waals surface area contributed by atoms with Crippen molar-refractivity contribution in [2.45, 2.75) is 76.5 Å². The molecule has 4 rings (SSSR count). The van der Waals surface area contributed by atoms with Gasteiger partial charge >= 0.3 is 0 Å². The fourth-order valence-corrected chi connectivity index (χ4v) is 5.00. The quantitative estimate of drug-likeness (QED) is 0.520. The summed E-state index contributed by atoms with van der Waals surface area (Å²) in [5.74, 6) is 1.27. The second-order valence-corrected chi connectivity index (χ2v) is 8.92. The van der Waals surface area contributed by atoms with Gasteiger partial charge in [-0.05, 0) is 41.8 Å². The second-order valence-electron chi connectivity index (χ2n) is 7.88. The molecule has 1 saturated carbocycles. The van der Waals surface area contributed by atoms with Crippen LogP contribution in [0.2, 0.25) is 0 Å². The summed E-state index contributed by atoms with van der Waals surface area (Å²) in [6.45, 7) is 0. The van der Waals surface area contributed by atoms with Crippen LogP contribution in [0.3, 0.4) is 0 Å². The van der Waals surface area contributed by atoms with Crippen molar-refractivity contribution in [3.8, 4) is 5.95 Å². The first-order valence-corrected chi connectivity index (χ1v) is 11.7. The van der Waals surface area contributed by atoms with Crippen LogP contribution in [0.25, 0.3) is 5.95 Å². The summed E-state index contributed by atoms with van der Waals surface area (Å²) in [7, 11) is 0. The molecular weight excluding hydrogens is 364 g/mol. The van der Waals surface area contributed by atoms with E-state index < -0.39 is 0 Å². The molecule has 4 nitrogen and oxygen atoms in total. The van der Waals surface area contributed by atoms with Crippen molar-refractivity contribution in [1.29, 1.82) is 0 Å². The normalized spacial score (nSPS) is 17.3. The maximum Gasteiger partial charge on any atom is 0.250 e.